The Balaban J connectivity index is 1.62. The number of rotatable bonds is 5. The summed E-state index contributed by atoms with van der Waals surface area (Å²) in [6.07, 6.45) is 8.90. The summed E-state index contributed by atoms with van der Waals surface area (Å²) in [4.78, 5) is 34.1. The van der Waals surface area contributed by atoms with Gasteiger partial charge in [0.25, 0.3) is 0 Å². The number of benzene rings is 1. The van der Waals surface area contributed by atoms with Crippen LogP contribution >= 0.6 is 0 Å². The molecule has 1 saturated heterocycles. The SMILES string of the molecule is O=C([C@@H]1CCCC[C@@H]1N1CCCC1=O)N(Cc1ccccc1)c1ccncc1. The Bertz CT molecular complexity index is 809. The van der Waals surface area contributed by atoms with Gasteiger partial charge in [-0.2, -0.15) is 0 Å². The smallest absolute Gasteiger partial charge is 0.232 e. The van der Waals surface area contributed by atoms with Crippen molar-refractivity contribution in [2.75, 3.05) is 11.4 Å². The topological polar surface area (TPSA) is 53.5 Å². The van der Waals surface area contributed by atoms with Crippen LogP contribution in [0, 0.1) is 5.92 Å². The van der Waals surface area contributed by atoms with E-state index in [1.54, 1.807) is 12.4 Å². The molecule has 1 aromatic heterocycles. The number of anilines is 1. The van der Waals surface area contributed by atoms with Crippen LogP contribution in [0.5, 0.6) is 0 Å². The quantitative estimate of drug-likeness (QED) is 0.796. The monoisotopic (exact) mass is 377 g/mol. The normalized spacial score (nSPS) is 22.3. The van der Waals surface area contributed by atoms with Crippen LogP contribution in [-0.2, 0) is 16.1 Å². The van der Waals surface area contributed by atoms with Crippen molar-refractivity contribution in [3.63, 3.8) is 0 Å². The van der Waals surface area contributed by atoms with E-state index >= 15 is 0 Å². The zero-order valence-corrected chi connectivity index (χ0v) is 16.2. The minimum Gasteiger partial charge on any atom is -0.339 e. The molecule has 2 amide bonds. The molecular formula is C23H27N3O2. The highest BCUT2D eigenvalue weighted by Gasteiger charge is 2.40. The largest absolute Gasteiger partial charge is 0.339 e. The zero-order valence-electron chi connectivity index (χ0n) is 16.2. The summed E-state index contributed by atoms with van der Waals surface area (Å²) in [6.45, 7) is 1.32. The highest BCUT2D eigenvalue weighted by Crippen LogP contribution is 2.34. The van der Waals surface area contributed by atoms with Crippen molar-refractivity contribution in [2.45, 2.75) is 51.1 Å². The first-order valence-electron chi connectivity index (χ1n) is 10.3. The second kappa shape index (κ2) is 8.55. The van der Waals surface area contributed by atoms with E-state index in [0.717, 1.165) is 49.9 Å². The number of hydrogen-bond acceptors (Lipinski definition) is 3. The molecule has 2 aromatic rings. The first-order valence-corrected chi connectivity index (χ1v) is 10.3. The molecule has 0 radical (unpaired) electrons. The van der Waals surface area contributed by atoms with Gasteiger partial charge in [0.15, 0.2) is 0 Å². The third-order valence-corrected chi connectivity index (χ3v) is 5.98. The summed E-state index contributed by atoms with van der Waals surface area (Å²) in [7, 11) is 0. The summed E-state index contributed by atoms with van der Waals surface area (Å²) in [5.41, 5.74) is 1.96. The highest BCUT2D eigenvalue weighted by molar-refractivity contribution is 5.95. The Labute approximate surface area is 166 Å². The minimum absolute atomic E-state index is 0.0383. The van der Waals surface area contributed by atoms with E-state index in [1.165, 1.54) is 0 Å². The maximum absolute atomic E-state index is 13.7. The molecule has 1 saturated carbocycles. The van der Waals surface area contributed by atoms with E-state index in [4.69, 9.17) is 0 Å². The number of nitrogens with zero attached hydrogens (tertiary/aromatic N) is 3. The molecule has 2 heterocycles. The van der Waals surface area contributed by atoms with E-state index < -0.39 is 0 Å². The summed E-state index contributed by atoms with van der Waals surface area (Å²) in [6, 6.07) is 13.9. The van der Waals surface area contributed by atoms with Crippen molar-refractivity contribution in [2.24, 2.45) is 5.92 Å². The molecule has 0 N–H and O–H groups in total. The first kappa shape index (κ1) is 18.7. The molecule has 0 spiro atoms. The molecule has 5 heteroatoms. The standard InChI is InChI=1S/C23H27N3O2/c27-22-11-6-16-25(22)21-10-5-4-9-20(21)23(28)26(19-12-14-24-15-13-19)17-18-7-2-1-3-8-18/h1-3,7-8,12-15,20-21H,4-6,9-11,16-17H2/t20-,21+/m1/s1. The molecule has 146 valence electrons. The fraction of sp³-hybridized carbons (Fsp3) is 0.435. The number of pyridine rings is 1. The van der Waals surface area contributed by atoms with Crippen LogP contribution in [0.2, 0.25) is 0 Å². The number of carbonyl (C=O) groups excluding carboxylic acids is 2. The third-order valence-electron chi connectivity index (χ3n) is 5.98. The maximum Gasteiger partial charge on any atom is 0.232 e. The van der Waals surface area contributed by atoms with Gasteiger partial charge in [0, 0.05) is 37.1 Å². The molecule has 2 atom stereocenters. The molecule has 2 aliphatic rings. The fourth-order valence-corrected chi connectivity index (χ4v) is 4.58. The molecule has 1 aliphatic carbocycles. The van der Waals surface area contributed by atoms with E-state index in [1.807, 2.05) is 52.3 Å². The van der Waals surface area contributed by atoms with Crippen molar-refractivity contribution < 1.29 is 9.59 Å². The summed E-state index contributed by atoms with van der Waals surface area (Å²) in [5, 5.41) is 0. The molecular weight excluding hydrogens is 350 g/mol. The molecule has 0 unspecified atom stereocenters. The van der Waals surface area contributed by atoms with Crippen molar-refractivity contribution >= 4 is 17.5 Å². The average Bonchev–Trinajstić information content (AvgIpc) is 3.18. The van der Waals surface area contributed by atoms with Crippen LogP contribution in [0.4, 0.5) is 5.69 Å². The number of amides is 2. The average molecular weight is 377 g/mol. The highest BCUT2D eigenvalue weighted by atomic mass is 16.2. The van der Waals surface area contributed by atoms with Crippen molar-refractivity contribution in [1.82, 2.24) is 9.88 Å². The Morgan fingerprint density at radius 1 is 1.04 bits per heavy atom. The van der Waals surface area contributed by atoms with Crippen LogP contribution in [0.25, 0.3) is 0 Å². The van der Waals surface area contributed by atoms with Gasteiger partial charge in [0.2, 0.25) is 11.8 Å². The van der Waals surface area contributed by atoms with Gasteiger partial charge in [-0.05, 0) is 37.0 Å². The zero-order chi connectivity index (χ0) is 19.3. The van der Waals surface area contributed by atoms with Gasteiger partial charge in [0.05, 0.1) is 12.5 Å². The Kier molecular flexibility index (Phi) is 5.70. The van der Waals surface area contributed by atoms with Gasteiger partial charge >= 0.3 is 0 Å². The number of aromatic nitrogens is 1. The van der Waals surface area contributed by atoms with Crippen LogP contribution in [0.15, 0.2) is 54.9 Å². The fourth-order valence-electron chi connectivity index (χ4n) is 4.58. The van der Waals surface area contributed by atoms with E-state index in [9.17, 15) is 9.59 Å². The molecule has 5 nitrogen and oxygen atoms in total. The van der Waals surface area contributed by atoms with E-state index in [-0.39, 0.29) is 23.8 Å². The second-order valence-corrected chi connectivity index (χ2v) is 7.76. The summed E-state index contributed by atoms with van der Waals surface area (Å²) < 4.78 is 0. The molecule has 4 rings (SSSR count). The van der Waals surface area contributed by atoms with E-state index in [2.05, 4.69) is 4.98 Å². The van der Waals surface area contributed by atoms with Crippen LogP contribution < -0.4 is 4.90 Å². The number of hydrogen-bond donors (Lipinski definition) is 0. The van der Waals surface area contributed by atoms with Gasteiger partial charge in [-0.15, -0.1) is 0 Å². The Morgan fingerprint density at radius 2 is 1.79 bits per heavy atom. The predicted octanol–water partition coefficient (Wildman–Crippen LogP) is 3.80. The lowest BCUT2D eigenvalue weighted by Gasteiger charge is -2.39. The Morgan fingerprint density at radius 3 is 2.50 bits per heavy atom. The number of carbonyl (C=O) groups is 2. The van der Waals surface area contributed by atoms with Crippen LogP contribution in [-0.4, -0.2) is 34.3 Å². The lowest BCUT2D eigenvalue weighted by Crippen LogP contribution is -2.50. The summed E-state index contributed by atoms with van der Waals surface area (Å²) >= 11 is 0. The van der Waals surface area contributed by atoms with Gasteiger partial charge < -0.3 is 9.80 Å². The van der Waals surface area contributed by atoms with Crippen molar-refractivity contribution in [1.29, 1.82) is 0 Å². The minimum atomic E-state index is -0.132. The Hall–Kier alpha value is -2.69. The van der Waals surface area contributed by atoms with Gasteiger partial charge in [0.1, 0.15) is 0 Å². The molecule has 1 aromatic carbocycles. The molecule has 1 aliphatic heterocycles. The van der Waals surface area contributed by atoms with Gasteiger partial charge in [-0.1, -0.05) is 43.2 Å². The number of likely N-dealkylation sites (tertiary alicyclic amines) is 1. The van der Waals surface area contributed by atoms with Gasteiger partial charge in [-0.25, -0.2) is 0 Å². The van der Waals surface area contributed by atoms with Gasteiger partial charge in [-0.3, -0.25) is 14.6 Å². The maximum atomic E-state index is 13.7. The van der Waals surface area contributed by atoms with Crippen molar-refractivity contribution in [3.05, 3.63) is 60.4 Å². The molecule has 0 bridgehead atoms. The van der Waals surface area contributed by atoms with Crippen LogP contribution in [0.1, 0.15) is 44.1 Å². The lowest BCUT2D eigenvalue weighted by atomic mass is 9.82. The van der Waals surface area contributed by atoms with Crippen molar-refractivity contribution in [3.8, 4) is 0 Å². The molecule has 2 fully saturated rings. The van der Waals surface area contributed by atoms with Crippen LogP contribution in [0.3, 0.4) is 0 Å². The van der Waals surface area contributed by atoms with E-state index in [0.29, 0.717) is 13.0 Å². The molecule has 28 heavy (non-hydrogen) atoms. The third kappa shape index (κ3) is 3.93. The predicted molar refractivity (Wildman–Crippen MR) is 109 cm³/mol. The lowest BCUT2D eigenvalue weighted by molar-refractivity contribution is -0.134. The second-order valence-electron chi connectivity index (χ2n) is 7.76. The first-order chi connectivity index (χ1) is 13.7. The summed E-state index contributed by atoms with van der Waals surface area (Å²) in [5.74, 6) is 0.204.